The lowest BCUT2D eigenvalue weighted by molar-refractivity contribution is -0.120. The average Bonchev–Trinajstić information content (AvgIpc) is 3.61. The van der Waals surface area contributed by atoms with E-state index in [1.807, 2.05) is 0 Å². The van der Waals surface area contributed by atoms with Crippen molar-refractivity contribution in [1.29, 1.82) is 0 Å². The minimum absolute atomic E-state index is 0.139. The molecule has 2 aliphatic carbocycles. The van der Waals surface area contributed by atoms with E-state index in [4.69, 9.17) is 4.74 Å². The van der Waals surface area contributed by atoms with Crippen molar-refractivity contribution in [2.45, 2.75) is 71.1 Å². The Morgan fingerprint density at radius 2 is 1.92 bits per heavy atom. The molecule has 2 aliphatic rings. The van der Waals surface area contributed by atoms with Crippen LogP contribution in [0.1, 0.15) is 60.6 Å². The first-order chi connectivity index (χ1) is 17.7. The highest BCUT2D eigenvalue weighted by molar-refractivity contribution is 6.09. The van der Waals surface area contributed by atoms with Crippen LogP contribution in [0.2, 0.25) is 0 Å². The Hall–Kier alpha value is -3.56. The number of H-pyrrole nitrogens is 1. The molecule has 196 valence electrons. The quantitative estimate of drug-likeness (QED) is 0.438. The molecule has 37 heavy (non-hydrogen) atoms. The largest absolute Gasteiger partial charge is 0.492 e. The van der Waals surface area contributed by atoms with Crippen LogP contribution < -0.4 is 15.4 Å². The Balaban J connectivity index is 1.44. The number of hydrogen-bond donors (Lipinski definition) is 3. The molecule has 3 atom stereocenters. The number of carbonyl (C=O) groups is 2. The molecule has 0 spiro atoms. The number of rotatable bonds is 7. The lowest BCUT2D eigenvalue weighted by Gasteiger charge is -2.32. The van der Waals surface area contributed by atoms with Gasteiger partial charge in [0.25, 0.3) is 5.91 Å². The standard InChI is InChI=1S/C27H31F2N5O3/c1-13-4-9-20(37-11-16-5-6-16)22(23(13)29)25-26-24(30-12-31-25)21(14(2)32-26)27(36)34-19-8-7-17(10-18(19)28)33-15(3)35/h4,9,12,16-19,32H,5-8,10-11H2,1-3H3,(H,33,35)(H,34,36)/t17-,18-,19+/m1/s1. The van der Waals surface area contributed by atoms with Gasteiger partial charge in [0.1, 0.15) is 35.3 Å². The predicted octanol–water partition coefficient (Wildman–Crippen LogP) is 4.29. The summed E-state index contributed by atoms with van der Waals surface area (Å²) in [6, 6.07) is 2.49. The number of halogens is 2. The Morgan fingerprint density at radius 1 is 1.14 bits per heavy atom. The van der Waals surface area contributed by atoms with E-state index in [9.17, 15) is 14.0 Å². The summed E-state index contributed by atoms with van der Waals surface area (Å²) in [6.07, 6.45) is 3.31. The topological polar surface area (TPSA) is 109 Å². The molecule has 10 heteroatoms. The number of alkyl halides is 1. The van der Waals surface area contributed by atoms with E-state index in [-0.39, 0.29) is 29.5 Å². The highest BCUT2D eigenvalue weighted by Crippen LogP contribution is 2.39. The second-order valence-electron chi connectivity index (χ2n) is 10.2. The zero-order valence-electron chi connectivity index (χ0n) is 21.2. The fraction of sp³-hybridized carbons (Fsp3) is 0.481. The number of carbonyl (C=O) groups excluding carboxylic acids is 2. The van der Waals surface area contributed by atoms with Crippen molar-refractivity contribution in [1.82, 2.24) is 25.6 Å². The van der Waals surface area contributed by atoms with Gasteiger partial charge in [0.15, 0.2) is 0 Å². The fourth-order valence-electron chi connectivity index (χ4n) is 5.02. The molecule has 2 aromatic heterocycles. The van der Waals surface area contributed by atoms with E-state index in [2.05, 4.69) is 25.6 Å². The van der Waals surface area contributed by atoms with Crippen LogP contribution in [0.15, 0.2) is 18.5 Å². The molecule has 2 amide bonds. The Bertz CT molecular complexity index is 1350. The monoisotopic (exact) mass is 511 g/mol. The van der Waals surface area contributed by atoms with Gasteiger partial charge in [-0.15, -0.1) is 0 Å². The molecular formula is C27H31F2N5O3. The number of aromatic amines is 1. The van der Waals surface area contributed by atoms with Crippen LogP contribution in [0, 0.1) is 25.6 Å². The van der Waals surface area contributed by atoms with Crippen molar-refractivity contribution in [2.24, 2.45) is 5.92 Å². The molecule has 0 saturated heterocycles. The summed E-state index contributed by atoms with van der Waals surface area (Å²) in [5, 5.41) is 5.55. The number of nitrogens with one attached hydrogen (secondary N) is 3. The number of aromatic nitrogens is 3. The third-order valence-corrected chi connectivity index (χ3v) is 7.20. The SMILES string of the molecule is CC(=O)N[C@@H]1CC[C@H](NC(=O)c2c(C)[nH]c3c(-c4c(OCC5CC5)ccc(C)c4F)ncnc23)[C@H](F)C1. The highest BCUT2D eigenvalue weighted by Gasteiger charge is 2.33. The van der Waals surface area contributed by atoms with Crippen LogP contribution in [-0.2, 0) is 4.79 Å². The fourth-order valence-corrected chi connectivity index (χ4v) is 5.02. The van der Waals surface area contributed by atoms with Crippen LogP contribution in [0.3, 0.4) is 0 Å². The summed E-state index contributed by atoms with van der Waals surface area (Å²) in [5.74, 6) is -0.227. The molecule has 0 unspecified atom stereocenters. The molecule has 2 heterocycles. The summed E-state index contributed by atoms with van der Waals surface area (Å²) < 4.78 is 36.3. The third-order valence-electron chi connectivity index (χ3n) is 7.20. The zero-order valence-corrected chi connectivity index (χ0v) is 21.2. The van der Waals surface area contributed by atoms with Gasteiger partial charge >= 0.3 is 0 Å². The van der Waals surface area contributed by atoms with E-state index in [1.165, 1.54) is 13.3 Å². The molecule has 3 N–H and O–H groups in total. The van der Waals surface area contributed by atoms with Crippen molar-refractivity contribution < 1.29 is 23.1 Å². The molecule has 2 saturated carbocycles. The Labute approximate surface area is 213 Å². The number of benzene rings is 1. The van der Waals surface area contributed by atoms with Gasteiger partial charge in [-0.1, -0.05) is 6.07 Å². The molecule has 0 aliphatic heterocycles. The van der Waals surface area contributed by atoms with Crippen molar-refractivity contribution in [3.8, 4) is 17.0 Å². The van der Waals surface area contributed by atoms with Crippen molar-refractivity contribution in [3.63, 3.8) is 0 Å². The van der Waals surface area contributed by atoms with Crippen LogP contribution in [0.5, 0.6) is 5.75 Å². The summed E-state index contributed by atoms with van der Waals surface area (Å²) in [6.45, 7) is 5.31. The second kappa shape index (κ2) is 10.1. The van der Waals surface area contributed by atoms with Crippen LogP contribution in [-0.4, -0.2) is 51.6 Å². The van der Waals surface area contributed by atoms with E-state index in [1.54, 1.807) is 26.0 Å². The number of fused-ring (bicyclic) bond motifs is 1. The average molecular weight is 512 g/mol. The van der Waals surface area contributed by atoms with Gasteiger partial charge in [-0.05, 0) is 57.1 Å². The maximum Gasteiger partial charge on any atom is 0.255 e. The first-order valence-electron chi connectivity index (χ1n) is 12.7. The number of ether oxygens (including phenoxy) is 1. The minimum atomic E-state index is -1.29. The summed E-state index contributed by atoms with van der Waals surface area (Å²) in [5.41, 5.74) is 2.51. The predicted molar refractivity (Wildman–Crippen MR) is 135 cm³/mol. The van der Waals surface area contributed by atoms with E-state index < -0.39 is 23.9 Å². The van der Waals surface area contributed by atoms with Crippen molar-refractivity contribution in [3.05, 3.63) is 41.1 Å². The lowest BCUT2D eigenvalue weighted by atomic mass is 9.89. The molecule has 0 bridgehead atoms. The molecule has 2 fully saturated rings. The van der Waals surface area contributed by atoms with E-state index >= 15 is 4.39 Å². The normalized spacial score (nSPS) is 21.6. The Kier molecular flexibility index (Phi) is 6.83. The van der Waals surface area contributed by atoms with Gasteiger partial charge < -0.3 is 20.4 Å². The smallest absolute Gasteiger partial charge is 0.255 e. The summed E-state index contributed by atoms with van der Waals surface area (Å²) >= 11 is 0. The number of aryl methyl sites for hydroxylation is 2. The zero-order chi connectivity index (χ0) is 26.3. The first-order valence-corrected chi connectivity index (χ1v) is 12.7. The van der Waals surface area contributed by atoms with E-state index in [0.29, 0.717) is 59.1 Å². The third kappa shape index (κ3) is 5.14. The molecular weight excluding hydrogens is 480 g/mol. The lowest BCUT2D eigenvalue weighted by Crippen LogP contribution is -2.49. The van der Waals surface area contributed by atoms with E-state index in [0.717, 1.165) is 12.8 Å². The van der Waals surface area contributed by atoms with Gasteiger partial charge in [0, 0.05) is 25.1 Å². The highest BCUT2D eigenvalue weighted by atomic mass is 19.1. The van der Waals surface area contributed by atoms with Crippen LogP contribution >= 0.6 is 0 Å². The van der Waals surface area contributed by atoms with Gasteiger partial charge in [-0.3, -0.25) is 9.59 Å². The Morgan fingerprint density at radius 3 is 2.62 bits per heavy atom. The van der Waals surface area contributed by atoms with Gasteiger partial charge in [-0.25, -0.2) is 18.7 Å². The van der Waals surface area contributed by atoms with Gasteiger partial charge in [-0.2, -0.15) is 0 Å². The molecule has 1 aromatic carbocycles. The maximum atomic E-state index is 15.4. The minimum Gasteiger partial charge on any atom is -0.492 e. The summed E-state index contributed by atoms with van der Waals surface area (Å²) in [7, 11) is 0. The maximum absolute atomic E-state index is 15.4. The number of nitrogens with zero attached hydrogens (tertiary/aromatic N) is 2. The molecule has 5 rings (SSSR count). The molecule has 0 radical (unpaired) electrons. The summed E-state index contributed by atoms with van der Waals surface area (Å²) in [4.78, 5) is 36.5. The van der Waals surface area contributed by atoms with Crippen molar-refractivity contribution in [2.75, 3.05) is 6.61 Å². The second-order valence-corrected chi connectivity index (χ2v) is 10.2. The van der Waals surface area contributed by atoms with Crippen LogP contribution in [0.4, 0.5) is 8.78 Å². The number of amides is 2. The van der Waals surface area contributed by atoms with Crippen LogP contribution in [0.25, 0.3) is 22.3 Å². The molecule has 3 aromatic rings. The molecule has 8 nitrogen and oxygen atoms in total. The van der Waals surface area contributed by atoms with Gasteiger partial charge in [0.05, 0.1) is 29.3 Å². The number of hydrogen-bond acceptors (Lipinski definition) is 5. The first kappa shape index (κ1) is 25.1. The van der Waals surface area contributed by atoms with Gasteiger partial charge in [0.2, 0.25) is 5.91 Å². The van der Waals surface area contributed by atoms with Crippen molar-refractivity contribution >= 4 is 22.8 Å².